The summed E-state index contributed by atoms with van der Waals surface area (Å²) in [6, 6.07) is 7.29. The molecule has 1 aromatic heterocycles. The fourth-order valence-corrected chi connectivity index (χ4v) is 1.61. The van der Waals surface area contributed by atoms with Gasteiger partial charge in [-0.25, -0.2) is 0 Å². The van der Waals surface area contributed by atoms with Crippen LogP contribution in [0.1, 0.15) is 0 Å². The lowest BCUT2D eigenvalue weighted by Gasteiger charge is -2.08. The third-order valence-corrected chi connectivity index (χ3v) is 2.17. The Morgan fingerprint density at radius 2 is 2.23 bits per heavy atom. The van der Waals surface area contributed by atoms with Crippen molar-refractivity contribution >= 4 is 27.9 Å². The lowest BCUT2D eigenvalue weighted by Crippen LogP contribution is -2.02. The summed E-state index contributed by atoms with van der Waals surface area (Å²) in [4.78, 5) is 2.96. The maximum atomic E-state index is 10.4. The molecule has 2 N–H and O–H groups in total. The molecule has 5 heteroatoms. The summed E-state index contributed by atoms with van der Waals surface area (Å²) in [6.07, 6.45) is 1.77. The van der Waals surface area contributed by atoms with Gasteiger partial charge in [-0.15, -0.1) is 0 Å². The Labute approximate surface area is 77.4 Å². The van der Waals surface area contributed by atoms with E-state index >= 15 is 0 Å². The topological polar surface area (TPSA) is 67.9 Å². The van der Waals surface area contributed by atoms with Gasteiger partial charge < -0.3 is 14.3 Å². The molecule has 0 bridgehead atoms. The molecular weight excluding hydrogens is 188 g/mol. The van der Waals surface area contributed by atoms with Crippen LogP contribution in [-0.4, -0.2) is 13.7 Å². The van der Waals surface area contributed by atoms with Crippen LogP contribution in [0.3, 0.4) is 0 Å². The minimum atomic E-state index is -2.28. The van der Waals surface area contributed by atoms with E-state index in [4.69, 9.17) is 0 Å². The summed E-state index contributed by atoms with van der Waals surface area (Å²) in [7, 11) is 0. The van der Waals surface area contributed by atoms with Gasteiger partial charge in [-0.3, -0.25) is 4.21 Å². The minimum absolute atomic E-state index is 0.566. The van der Waals surface area contributed by atoms with Crippen molar-refractivity contribution in [1.82, 2.24) is 4.98 Å². The first-order chi connectivity index (χ1) is 6.27. The molecule has 0 aliphatic rings. The van der Waals surface area contributed by atoms with Crippen LogP contribution >= 0.6 is 0 Å². The van der Waals surface area contributed by atoms with E-state index in [0.717, 1.165) is 10.9 Å². The van der Waals surface area contributed by atoms with E-state index < -0.39 is 11.3 Å². The van der Waals surface area contributed by atoms with Gasteiger partial charge in [0.05, 0.1) is 11.2 Å². The lowest BCUT2D eigenvalue weighted by molar-refractivity contribution is 0.542. The van der Waals surface area contributed by atoms with Gasteiger partial charge in [0.25, 0.3) is 0 Å². The molecule has 2 aromatic rings. The molecule has 0 saturated carbocycles. The SMILES string of the molecule is O=S([O-])Nc1cccc2cc[nH]c12. The molecule has 13 heavy (non-hydrogen) atoms. The first-order valence-corrected chi connectivity index (χ1v) is 4.77. The van der Waals surface area contributed by atoms with Crippen molar-refractivity contribution in [3.63, 3.8) is 0 Å². The third kappa shape index (κ3) is 1.56. The van der Waals surface area contributed by atoms with E-state index in [1.54, 1.807) is 18.3 Å². The Kier molecular flexibility index (Phi) is 2.03. The minimum Gasteiger partial charge on any atom is -0.755 e. The average Bonchev–Trinajstić information content (AvgIpc) is 2.51. The van der Waals surface area contributed by atoms with Crippen LogP contribution in [0.2, 0.25) is 0 Å². The van der Waals surface area contributed by atoms with Crippen LogP contribution in [-0.2, 0) is 11.3 Å². The molecule has 0 fully saturated rings. The maximum Gasteiger partial charge on any atom is 0.0698 e. The highest BCUT2D eigenvalue weighted by atomic mass is 32.2. The molecule has 0 aliphatic carbocycles. The largest absolute Gasteiger partial charge is 0.755 e. The molecule has 0 saturated heterocycles. The molecule has 1 heterocycles. The van der Waals surface area contributed by atoms with Gasteiger partial charge in [0.1, 0.15) is 0 Å². The van der Waals surface area contributed by atoms with Gasteiger partial charge >= 0.3 is 0 Å². The molecule has 68 valence electrons. The molecule has 0 radical (unpaired) electrons. The van der Waals surface area contributed by atoms with Crippen molar-refractivity contribution in [2.24, 2.45) is 0 Å². The number of nitrogens with one attached hydrogen (secondary N) is 2. The van der Waals surface area contributed by atoms with Gasteiger partial charge in [-0.1, -0.05) is 12.1 Å². The molecule has 0 amide bonds. The van der Waals surface area contributed by atoms with Crippen molar-refractivity contribution < 1.29 is 8.76 Å². The summed E-state index contributed by atoms with van der Waals surface area (Å²) in [5.74, 6) is 0. The van der Waals surface area contributed by atoms with Crippen LogP contribution in [0.25, 0.3) is 10.9 Å². The molecule has 0 aliphatic heterocycles. The predicted octanol–water partition coefficient (Wildman–Crippen LogP) is 1.37. The zero-order valence-corrected chi connectivity index (χ0v) is 7.43. The molecule has 2 rings (SSSR count). The third-order valence-electron chi connectivity index (χ3n) is 1.78. The van der Waals surface area contributed by atoms with Crippen molar-refractivity contribution in [2.75, 3.05) is 4.72 Å². The number of aromatic nitrogens is 1. The second kappa shape index (κ2) is 3.20. The standard InChI is InChI=1S/C8H8N2O2S/c11-13(12)10-7-3-1-2-6-4-5-9-8(6)7/h1-5,9-10H,(H,11,12)/p-1. The number of anilines is 1. The molecule has 1 aromatic carbocycles. The number of benzene rings is 1. The number of para-hydroxylation sites is 1. The van der Waals surface area contributed by atoms with Crippen molar-refractivity contribution in [2.45, 2.75) is 0 Å². The highest BCUT2D eigenvalue weighted by Gasteiger charge is 1.99. The average molecular weight is 195 g/mol. The van der Waals surface area contributed by atoms with Crippen LogP contribution < -0.4 is 4.72 Å². The summed E-state index contributed by atoms with van der Waals surface area (Å²) in [5, 5.41) is 0.982. The highest BCUT2D eigenvalue weighted by molar-refractivity contribution is 7.80. The normalized spacial score (nSPS) is 13.0. The summed E-state index contributed by atoms with van der Waals surface area (Å²) in [6.45, 7) is 0. The first-order valence-electron chi connectivity index (χ1n) is 3.69. The van der Waals surface area contributed by atoms with Crippen LogP contribution in [0.15, 0.2) is 30.5 Å². The summed E-state index contributed by atoms with van der Waals surface area (Å²) in [5.41, 5.74) is 1.36. The van der Waals surface area contributed by atoms with Gasteiger partial charge in [0, 0.05) is 22.8 Å². The van der Waals surface area contributed by atoms with Gasteiger partial charge in [-0.05, 0) is 12.1 Å². The Morgan fingerprint density at radius 3 is 3.00 bits per heavy atom. The molecule has 1 atom stereocenters. The second-order valence-corrected chi connectivity index (χ2v) is 3.26. The zero-order valence-electron chi connectivity index (χ0n) is 6.61. The van der Waals surface area contributed by atoms with E-state index in [-0.39, 0.29) is 0 Å². The zero-order chi connectivity index (χ0) is 9.26. The number of rotatable bonds is 2. The van der Waals surface area contributed by atoms with Crippen LogP contribution in [0.4, 0.5) is 5.69 Å². The van der Waals surface area contributed by atoms with Crippen molar-refractivity contribution in [3.05, 3.63) is 30.5 Å². The Bertz CT molecular complexity index is 452. The summed E-state index contributed by atoms with van der Waals surface area (Å²) >= 11 is -2.28. The number of aromatic amines is 1. The Balaban J connectivity index is 2.54. The molecule has 0 spiro atoms. The molecule has 1 unspecified atom stereocenters. The molecular formula is C8H7N2O2S-. The van der Waals surface area contributed by atoms with Crippen molar-refractivity contribution in [3.8, 4) is 0 Å². The van der Waals surface area contributed by atoms with E-state index in [1.807, 2.05) is 12.1 Å². The predicted molar refractivity (Wildman–Crippen MR) is 50.8 cm³/mol. The van der Waals surface area contributed by atoms with Crippen LogP contribution in [0, 0.1) is 0 Å². The van der Waals surface area contributed by atoms with Gasteiger partial charge in [0.15, 0.2) is 0 Å². The Morgan fingerprint density at radius 1 is 1.38 bits per heavy atom. The van der Waals surface area contributed by atoms with Gasteiger partial charge in [-0.2, -0.15) is 0 Å². The second-order valence-electron chi connectivity index (χ2n) is 2.58. The summed E-state index contributed by atoms with van der Waals surface area (Å²) < 4.78 is 23.1. The van der Waals surface area contributed by atoms with E-state index in [1.165, 1.54) is 0 Å². The van der Waals surface area contributed by atoms with Gasteiger partial charge in [0.2, 0.25) is 0 Å². The number of hydrogen-bond acceptors (Lipinski definition) is 2. The first kappa shape index (κ1) is 8.28. The fraction of sp³-hybridized carbons (Fsp3) is 0. The van der Waals surface area contributed by atoms with Crippen LogP contribution in [0.5, 0.6) is 0 Å². The smallest absolute Gasteiger partial charge is 0.0698 e. The number of fused-ring (bicyclic) bond motifs is 1. The van der Waals surface area contributed by atoms with E-state index in [2.05, 4.69) is 9.71 Å². The number of hydrogen-bond donors (Lipinski definition) is 2. The monoisotopic (exact) mass is 195 g/mol. The quantitative estimate of drug-likeness (QED) is 0.711. The maximum absolute atomic E-state index is 10.4. The highest BCUT2D eigenvalue weighted by Crippen LogP contribution is 2.21. The van der Waals surface area contributed by atoms with Crippen molar-refractivity contribution in [1.29, 1.82) is 0 Å². The number of H-pyrrole nitrogens is 1. The lowest BCUT2D eigenvalue weighted by atomic mass is 10.2. The fourth-order valence-electron chi connectivity index (χ4n) is 1.26. The molecule has 4 nitrogen and oxygen atoms in total. The Hall–Kier alpha value is -1.33. The van der Waals surface area contributed by atoms with E-state index in [9.17, 15) is 8.76 Å². The van der Waals surface area contributed by atoms with E-state index in [0.29, 0.717) is 5.69 Å².